The van der Waals surface area contributed by atoms with Crippen molar-refractivity contribution < 1.29 is 9.53 Å². The Balaban J connectivity index is 2.16. The highest BCUT2D eigenvalue weighted by molar-refractivity contribution is 5.94. The van der Waals surface area contributed by atoms with E-state index in [1.807, 2.05) is 25.1 Å². The number of benzene rings is 1. The normalized spacial score (nSPS) is 20.5. The molecule has 1 saturated heterocycles. The Morgan fingerprint density at radius 3 is 2.76 bits per heavy atom. The average Bonchev–Trinajstić information content (AvgIpc) is 2.45. The van der Waals surface area contributed by atoms with Crippen LogP contribution in [0.1, 0.15) is 36.7 Å². The lowest BCUT2D eigenvalue weighted by atomic mass is 10.1. The summed E-state index contributed by atoms with van der Waals surface area (Å²) in [6.45, 7) is 10.5. The van der Waals surface area contributed by atoms with E-state index in [0.717, 1.165) is 43.1 Å². The van der Waals surface area contributed by atoms with E-state index in [9.17, 15) is 4.79 Å². The van der Waals surface area contributed by atoms with Gasteiger partial charge in [-0.25, -0.2) is 0 Å². The smallest absolute Gasteiger partial charge is 0.159 e. The third kappa shape index (κ3) is 4.05. The van der Waals surface area contributed by atoms with Crippen molar-refractivity contribution in [3.05, 3.63) is 29.3 Å². The van der Waals surface area contributed by atoms with Gasteiger partial charge in [0, 0.05) is 43.3 Å². The SMILES string of the molecule is CCOc1ccc(C(C)=O)cc1CN1CCN(C)C(C)C1. The summed E-state index contributed by atoms with van der Waals surface area (Å²) in [5.41, 5.74) is 1.87. The maximum Gasteiger partial charge on any atom is 0.159 e. The third-order valence-corrected chi connectivity index (χ3v) is 4.20. The van der Waals surface area contributed by atoms with Crippen molar-refractivity contribution >= 4 is 5.78 Å². The van der Waals surface area contributed by atoms with E-state index in [-0.39, 0.29) is 5.78 Å². The van der Waals surface area contributed by atoms with Gasteiger partial charge in [-0.05, 0) is 46.0 Å². The van der Waals surface area contributed by atoms with Crippen LogP contribution in [0, 0.1) is 0 Å². The van der Waals surface area contributed by atoms with Gasteiger partial charge in [-0.3, -0.25) is 9.69 Å². The summed E-state index contributed by atoms with van der Waals surface area (Å²) in [5, 5.41) is 0. The highest BCUT2D eigenvalue weighted by Crippen LogP contribution is 2.23. The van der Waals surface area contributed by atoms with Gasteiger partial charge in [0.05, 0.1) is 6.61 Å². The Bertz CT molecular complexity index is 502. The molecule has 1 atom stereocenters. The minimum absolute atomic E-state index is 0.103. The van der Waals surface area contributed by atoms with E-state index in [2.05, 4.69) is 23.8 Å². The zero-order valence-corrected chi connectivity index (χ0v) is 13.6. The largest absolute Gasteiger partial charge is 0.494 e. The molecule has 0 aromatic heterocycles. The van der Waals surface area contributed by atoms with E-state index >= 15 is 0 Å². The van der Waals surface area contributed by atoms with Gasteiger partial charge in [0.25, 0.3) is 0 Å². The van der Waals surface area contributed by atoms with Crippen LogP contribution in [0.5, 0.6) is 5.75 Å². The van der Waals surface area contributed by atoms with E-state index in [1.54, 1.807) is 6.92 Å². The van der Waals surface area contributed by atoms with Crippen molar-refractivity contribution in [3.63, 3.8) is 0 Å². The first-order chi connectivity index (χ1) is 10.0. The molecule has 1 aliphatic heterocycles. The van der Waals surface area contributed by atoms with Crippen LogP contribution in [0.4, 0.5) is 0 Å². The molecule has 2 rings (SSSR count). The zero-order chi connectivity index (χ0) is 15.4. The molecule has 1 aromatic carbocycles. The molecule has 4 nitrogen and oxygen atoms in total. The highest BCUT2D eigenvalue weighted by Gasteiger charge is 2.21. The number of likely N-dealkylation sites (N-methyl/N-ethyl adjacent to an activating group) is 1. The number of carbonyl (C=O) groups excluding carboxylic acids is 1. The molecule has 0 aliphatic carbocycles. The number of piperazine rings is 1. The molecule has 0 N–H and O–H groups in total. The molecule has 0 spiro atoms. The standard InChI is InChI=1S/C17H26N2O2/c1-5-21-17-7-6-15(14(3)20)10-16(17)12-19-9-8-18(4)13(2)11-19/h6-7,10,13H,5,8-9,11-12H2,1-4H3. The number of Topliss-reactive ketones (excluding diaryl/α,β-unsaturated/α-hetero) is 1. The first-order valence-corrected chi connectivity index (χ1v) is 7.70. The van der Waals surface area contributed by atoms with Crippen LogP contribution < -0.4 is 4.74 Å². The van der Waals surface area contributed by atoms with Gasteiger partial charge in [0.15, 0.2) is 5.78 Å². The highest BCUT2D eigenvalue weighted by atomic mass is 16.5. The molecule has 1 fully saturated rings. The van der Waals surface area contributed by atoms with Crippen LogP contribution in [0.3, 0.4) is 0 Å². The van der Waals surface area contributed by atoms with E-state index in [1.165, 1.54) is 0 Å². The molecule has 1 aromatic rings. The van der Waals surface area contributed by atoms with Gasteiger partial charge in [-0.2, -0.15) is 0 Å². The fourth-order valence-electron chi connectivity index (χ4n) is 2.73. The van der Waals surface area contributed by atoms with Crippen molar-refractivity contribution in [2.75, 3.05) is 33.3 Å². The second kappa shape index (κ2) is 7.05. The summed E-state index contributed by atoms with van der Waals surface area (Å²) in [4.78, 5) is 16.4. The second-order valence-electron chi connectivity index (χ2n) is 5.88. The lowest BCUT2D eigenvalue weighted by molar-refractivity contribution is 0.0986. The maximum absolute atomic E-state index is 11.6. The maximum atomic E-state index is 11.6. The predicted molar refractivity (Wildman–Crippen MR) is 85.0 cm³/mol. The number of rotatable bonds is 5. The van der Waals surface area contributed by atoms with E-state index < -0.39 is 0 Å². The number of hydrogen-bond acceptors (Lipinski definition) is 4. The van der Waals surface area contributed by atoms with Gasteiger partial charge < -0.3 is 9.64 Å². The fraction of sp³-hybridized carbons (Fsp3) is 0.588. The molecule has 4 heteroatoms. The van der Waals surface area contributed by atoms with Crippen molar-refractivity contribution in [2.45, 2.75) is 33.4 Å². The van der Waals surface area contributed by atoms with Crippen molar-refractivity contribution in [2.24, 2.45) is 0 Å². The lowest BCUT2D eigenvalue weighted by Crippen LogP contribution is -2.49. The first-order valence-electron chi connectivity index (χ1n) is 7.70. The molecule has 0 radical (unpaired) electrons. The summed E-state index contributed by atoms with van der Waals surface area (Å²) < 4.78 is 5.71. The van der Waals surface area contributed by atoms with Gasteiger partial charge in [-0.15, -0.1) is 0 Å². The van der Waals surface area contributed by atoms with Gasteiger partial charge >= 0.3 is 0 Å². The van der Waals surface area contributed by atoms with Crippen LogP contribution >= 0.6 is 0 Å². The average molecular weight is 290 g/mol. The Morgan fingerprint density at radius 2 is 2.14 bits per heavy atom. The number of hydrogen-bond donors (Lipinski definition) is 0. The molecule has 1 unspecified atom stereocenters. The molecule has 116 valence electrons. The molecule has 0 bridgehead atoms. The third-order valence-electron chi connectivity index (χ3n) is 4.20. The molecule has 0 saturated carbocycles. The lowest BCUT2D eigenvalue weighted by Gasteiger charge is -2.37. The molecular formula is C17H26N2O2. The number of ketones is 1. The number of nitrogens with zero attached hydrogens (tertiary/aromatic N) is 2. The van der Waals surface area contributed by atoms with Crippen molar-refractivity contribution in [3.8, 4) is 5.75 Å². The minimum Gasteiger partial charge on any atom is -0.494 e. The Kier molecular flexibility index (Phi) is 5.37. The molecular weight excluding hydrogens is 264 g/mol. The fourth-order valence-corrected chi connectivity index (χ4v) is 2.73. The first kappa shape index (κ1) is 16.0. The van der Waals surface area contributed by atoms with Crippen LogP contribution in [0.15, 0.2) is 18.2 Å². The second-order valence-corrected chi connectivity index (χ2v) is 5.88. The molecule has 0 amide bonds. The van der Waals surface area contributed by atoms with Gasteiger partial charge in [0.2, 0.25) is 0 Å². The quantitative estimate of drug-likeness (QED) is 0.780. The van der Waals surface area contributed by atoms with Crippen molar-refractivity contribution in [1.82, 2.24) is 9.80 Å². The zero-order valence-electron chi connectivity index (χ0n) is 13.6. The summed E-state index contributed by atoms with van der Waals surface area (Å²) in [6.07, 6.45) is 0. The summed E-state index contributed by atoms with van der Waals surface area (Å²) in [6, 6.07) is 6.32. The molecule has 21 heavy (non-hydrogen) atoms. The summed E-state index contributed by atoms with van der Waals surface area (Å²) >= 11 is 0. The summed E-state index contributed by atoms with van der Waals surface area (Å²) in [5.74, 6) is 1.00. The Morgan fingerprint density at radius 1 is 1.38 bits per heavy atom. The van der Waals surface area contributed by atoms with Crippen LogP contribution in [0.25, 0.3) is 0 Å². The Labute approximate surface area is 127 Å². The van der Waals surface area contributed by atoms with Crippen LogP contribution in [-0.4, -0.2) is 54.9 Å². The minimum atomic E-state index is 0.103. The van der Waals surface area contributed by atoms with Gasteiger partial charge in [-0.1, -0.05) is 0 Å². The Hall–Kier alpha value is -1.39. The monoisotopic (exact) mass is 290 g/mol. The molecule has 1 aliphatic rings. The number of carbonyl (C=O) groups is 1. The predicted octanol–water partition coefficient (Wildman–Crippen LogP) is 2.42. The van der Waals surface area contributed by atoms with E-state index in [0.29, 0.717) is 12.6 Å². The van der Waals surface area contributed by atoms with Gasteiger partial charge in [0.1, 0.15) is 5.75 Å². The topological polar surface area (TPSA) is 32.8 Å². The van der Waals surface area contributed by atoms with Crippen molar-refractivity contribution in [1.29, 1.82) is 0 Å². The van der Waals surface area contributed by atoms with Crippen LogP contribution in [-0.2, 0) is 6.54 Å². The molecule has 1 heterocycles. The summed E-state index contributed by atoms with van der Waals surface area (Å²) in [7, 11) is 2.17. The van der Waals surface area contributed by atoms with Crippen LogP contribution in [0.2, 0.25) is 0 Å². The number of ether oxygens (including phenoxy) is 1. The van der Waals surface area contributed by atoms with E-state index in [4.69, 9.17) is 4.74 Å².